The van der Waals surface area contributed by atoms with Gasteiger partial charge in [0.05, 0.1) is 4.92 Å². The van der Waals surface area contributed by atoms with E-state index in [0.717, 1.165) is 0 Å². The number of rotatable bonds is 2. The maximum Gasteiger partial charge on any atom is 0.410 e. The van der Waals surface area contributed by atoms with Crippen molar-refractivity contribution in [2.75, 3.05) is 24.5 Å². The minimum atomic E-state index is -0.532. The topological polar surface area (TPSA) is 75.9 Å². The molecule has 0 radical (unpaired) electrons. The average molecular weight is 321 g/mol. The standard InChI is InChI=1S/C16H23N3O4/c1-12-11-17(15(20)23-16(2,3)4)9-10-18(12)13-7-5-6-8-14(13)19(21)22/h5-8,12H,9-11H2,1-4H3/t12-/m0/s1. The highest BCUT2D eigenvalue weighted by Crippen LogP contribution is 2.30. The summed E-state index contributed by atoms with van der Waals surface area (Å²) in [6.45, 7) is 8.93. The fourth-order valence-electron chi connectivity index (χ4n) is 2.67. The molecule has 7 heteroatoms. The predicted molar refractivity (Wildman–Crippen MR) is 87.7 cm³/mol. The van der Waals surface area contributed by atoms with Gasteiger partial charge in [0, 0.05) is 31.7 Å². The fraction of sp³-hybridized carbons (Fsp3) is 0.562. The number of carbonyl (C=O) groups excluding carboxylic acids is 1. The molecular formula is C16H23N3O4. The van der Waals surface area contributed by atoms with E-state index in [1.165, 1.54) is 6.07 Å². The second-order valence-electron chi connectivity index (χ2n) is 6.71. The van der Waals surface area contributed by atoms with Gasteiger partial charge in [0.15, 0.2) is 0 Å². The molecule has 0 saturated carbocycles. The van der Waals surface area contributed by atoms with Crippen molar-refractivity contribution < 1.29 is 14.5 Å². The van der Waals surface area contributed by atoms with Crippen LogP contribution in [0.15, 0.2) is 24.3 Å². The molecule has 23 heavy (non-hydrogen) atoms. The molecule has 7 nitrogen and oxygen atoms in total. The molecule has 1 fully saturated rings. The van der Waals surface area contributed by atoms with E-state index in [2.05, 4.69) is 0 Å². The third kappa shape index (κ3) is 4.12. The van der Waals surface area contributed by atoms with Crippen LogP contribution in [0.1, 0.15) is 27.7 Å². The highest BCUT2D eigenvalue weighted by molar-refractivity contribution is 5.70. The molecule has 2 rings (SSSR count). The van der Waals surface area contributed by atoms with Gasteiger partial charge in [-0.05, 0) is 33.8 Å². The summed E-state index contributed by atoms with van der Waals surface area (Å²) >= 11 is 0. The van der Waals surface area contributed by atoms with Crippen molar-refractivity contribution >= 4 is 17.5 Å². The quantitative estimate of drug-likeness (QED) is 0.618. The molecule has 0 unspecified atom stereocenters. The Hall–Kier alpha value is -2.31. The number of nitro groups is 1. The van der Waals surface area contributed by atoms with Crippen LogP contribution in [0.2, 0.25) is 0 Å². The monoisotopic (exact) mass is 321 g/mol. The van der Waals surface area contributed by atoms with Crippen LogP contribution in [0.3, 0.4) is 0 Å². The van der Waals surface area contributed by atoms with Gasteiger partial charge in [0.1, 0.15) is 11.3 Å². The normalized spacial score (nSPS) is 18.7. The van der Waals surface area contributed by atoms with Gasteiger partial charge in [-0.15, -0.1) is 0 Å². The Balaban J connectivity index is 2.11. The largest absolute Gasteiger partial charge is 0.444 e. The molecule has 0 bridgehead atoms. The first kappa shape index (κ1) is 17.1. The van der Waals surface area contributed by atoms with E-state index < -0.39 is 5.60 Å². The molecule has 0 N–H and O–H groups in total. The first-order valence-corrected chi connectivity index (χ1v) is 7.67. The summed E-state index contributed by atoms with van der Waals surface area (Å²) in [6.07, 6.45) is -0.341. The molecule has 126 valence electrons. The Morgan fingerprint density at radius 1 is 1.30 bits per heavy atom. The average Bonchev–Trinajstić information content (AvgIpc) is 2.45. The van der Waals surface area contributed by atoms with Crippen LogP contribution in [0, 0.1) is 10.1 Å². The van der Waals surface area contributed by atoms with E-state index in [1.807, 2.05) is 32.6 Å². The van der Waals surface area contributed by atoms with Crippen LogP contribution in [0.5, 0.6) is 0 Å². The van der Waals surface area contributed by atoms with E-state index in [-0.39, 0.29) is 22.7 Å². The molecule has 1 aromatic carbocycles. The molecule has 1 atom stereocenters. The highest BCUT2D eigenvalue weighted by atomic mass is 16.6. The molecule has 1 heterocycles. The Labute approximate surface area is 136 Å². The number of nitrogens with zero attached hydrogens (tertiary/aromatic N) is 3. The van der Waals surface area contributed by atoms with E-state index in [4.69, 9.17) is 4.74 Å². The van der Waals surface area contributed by atoms with Gasteiger partial charge in [0.25, 0.3) is 5.69 Å². The molecule has 1 aliphatic rings. The third-order valence-electron chi connectivity index (χ3n) is 3.67. The highest BCUT2D eigenvalue weighted by Gasteiger charge is 2.32. The number of piperazine rings is 1. The number of carbonyl (C=O) groups is 1. The Morgan fingerprint density at radius 2 is 1.96 bits per heavy atom. The second-order valence-corrected chi connectivity index (χ2v) is 6.71. The number of anilines is 1. The van der Waals surface area contributed by atoms with Gasteiger partial charge in [0.2, 0.25) is 0 Å². The lowest BCUT2D eigenvalue weighted by molar-refractivity contribution is -0.384. The van der Waals surface area contributed by atoms with Crippen molar-refractivity contribution in [1.82, 2.24) is 4.90 Å². The molecule has 0 aromatic heterocycles. The minimum absolute atomic E-state index is 0.0302. The van der Waals surface area contributed by atoms with Gasteiger partial charge in [-0.25, -0.2) is 4.79 Å². The third-order valence-corrected chi connectivity index (χ3v) is 3.67. The number of ether oxygens (including phenoxy) is 1. The maximum atomic E-state index is 12.2. The van der Waals surface area contributed by atoms with Crippen molar-refractivity contribution in [1.29, 1.82) is 0 Å². The molecule has 1 amide bonds. The van der Waals surface area contributed by atoms with Gasteiger partial charge >= 0.3 is 6.09 Å². The van der Waals surface area contributed by atoms with Gasteiger partial charge in [-0.2, -0.15) is 0 Å². The summed E-state index contributed by atoms with van der Waals surface area (Å²) in [7, 11) is 0. The fourth-order valence-corrected chi connectivity index (χ4v) is 2.67. The van der Waals surface area contributed by atoms with Crippen molar-refractivity contribution in [2.45, 2.75) is 39.3 Å². The Kier molecular flexibility index (Phi) is 4.77. The number of nitro benzene ring substituents is 1. The van der Waals surface area contributed by atoms with Crippen LogP contribution < -0.4 is 4.90 Å². The first-order valence-electron chi connectivity index (χ1n) is 7.67. The number of hydrogen-bond acceptors (Lipinski definition) is 5. The summed E-state index contributed by atoms with van der Waals surface area (Å²) in [5.41, 5.74) is 0.147. The predicted octanol–water partition coefficient (Wildman–Crippen LogP) is 3.04. The zero-order valence-corrected chi connectivity index (χ0v) is 14.0. The van der Waals surface area contributed by atoms with Crippen LogP contribution in [-0.4, -0.2) is 47.2 Å². The Morgan fingerprint density at radius 3 is 2.52 bits per heavy atom. The van der Waals surface area contributed by atoms with E-state index >= 15 is 0 Å². The molecule has 1 aromatic rings. The smallest absolute Gasteiger partial charge is 0.410 e. The van der Waals surface area contributed by atoms with Crippen LogP contribution in [0.25, 0.3) is 0 Å². The summed E-state index contributed by atoms with van der Waals surface area (Å²) < 4.78 is 5.39. The summed E-state index contributed by atoms with van der Waals surface area (Å²) in [5.74, 6) is 0. The van der Waals surface area contributed by atoms with E-state index in [9.17, 15) is 14.9 Å². The summed E-state index contributed by atoms with van der Waals surface area (Å²) in [4.78, 5) is 26.6. The lowest BCUT2D eigenvalue weighted by Gasteiger charge is -2.41. The molecular weight excluding hydrogens is 298 g/mol. The number of para-hydroxylation sites is 2. The van der Waals surface area contributed by atoms with Crippen LogP contribution in [0.4, 0.5) is 16.2 Å². The SMILES string of the molecule is C[C@H]1CN(C(=O)OC(C)(C)C)CCN1c1ccccc1[N+](=O)[O-]. The van der Waals surface area contributed by atoms with Crippen molar-refractivity contribution in [3.63, 3.8) is 0 Å². The lowest BCUT2D eigenvalue weighted by Crippen LogP contribution is -2.54. The maximum absolute atomic E-state index is 12.2. The minimum Gasteiger partial charge on any atom is -0.444 e. The van der Waals surface area contributed by atoms with Crippen LogP contribution in [-0.2, 0) is 4.74 Å². The summed E-state index contributed by atoms with van der Waals surface area (Å²) in [5, 5.41) is 11.2. The molecule has 0 aliphatic carbocycles. The number of benzene rings is 1. The zero-order chi connectivity index (χ0) is 17.2. The number of amides is 1. The summed E-state index contributed by atoms with van der Waals surface area (Å²) in [6, 6.07) is 6.66. The first-order chi connectivity index (χ1) is 10.7. The number of hydrogen-bond donors (Lipinski definition) is 0. The van der Waals surface area contributed by atoms with Crippen molar-refractivity contribution in [3.05, 3.63) is 34.4 Å². The van der Waals surface area contributed by atoms with Gasteiger partial charge in [-0.3, -0.25) is 10.1 Å². The van der Waals surface area contributed by atoms with Crippen molar-refractivity contribution in [2.24, 2.45) is 0 Å². The lowest BCUT2D eigenvalue weighted by atomic mass is 10.1. The molecule has 0 spiro atoms. The van der Waals surface area contributed by atoms with E-state index in [1.54, 1.807) is 23.1 Å². The molecule has 1 saturated heterocycles. The van der Waals surface area contributed by atoms with Crippen LogP contribution >= 0.6 is 0 Å². The second kappa shape index (κ2) is 6.44. The van der Waals surface area contributed by atoms with E-state index in [0.29, 0.717) is 25.3 Å². The van der Waals surface area contributed by atoms with Gasteiger partial charge in [-0.1, -0.05) is 12.1 Å². The Bertz CT molecular complexity index is 597. The van der Waals surface area contributed by atoms with Gasteiger partial charge < -0.3 is 14.5 Å². The molecule has 1 aliphatic heterocycles. The zero-order valence-electron chi connectivity index (χ0n) is 14.0. The van der Waals surface area contributed by atoms with Crippen molar-refractivity contribution in [3.8, 4) is 0 Å².